The monoisotopic (exact) mass is 222 g/mol. The van der Waals surface area contributed by atoms with Gasteiger partial charge in [0, 0.05) is 6.42 Å². The first-order valence-electron chi connectivity index (χ1n) is 5.08. The molecule has 0 heterocycles. The summed E-state index contributed by atoms with van der Waals surface area (Å²) in [5, 5.41) is 8.44. The van der Waals surface area contributed by atoms with Crippen molar-refractivity contribution < 1.29 is 14.4 Å². The van der Waals surface area contributed by atoms with E-state index in [0.717, 1.165) is 36.8 Å². The zero-order valence-corrected chi connectivity index (χ0v) is 9.89. The van der Waals surface area contributed by atoms with Gasteiger partial charge in [0.2, 0.25) is 0 Å². The quantitative estimate of drug-likeness (QED) is 0.387. The van der Waals surface area contributed by atoms with Gasteiger partial charge in [0.25, 0.3) is 0 Å². The predicted octanol–water partition coefficient (Wildman–Crippen LogP) is 1.95. The lowest BCUT2D eigenvalue weighted by Crippen LogP contribution is -2.41. The molecule has 3 nitrogen and oxygen atoms in total. The third kappa shape index (κ3) is 8.32. The summed E-state index contributed by atoms with van der Waals surface area (Å²) < 4.78 is 0.927. The molecule has 0 radical (unpaired) electrons. The molecule has 0 aliphatic heterocycles. The van der Waals surface area contributed by atoms with Crippen LogP contribution in [0.15, 0.2) is 0 Å². The van der Waals surface area contributed by atoms with Gasteiger partial charge >= 0.3 is 5.97 Å². The van der Waals surface area contributed by atoms with E-state index >= 15 is 0 Å². The molecular weight excluding hydrogens is 202 g/mol. The highest BCUT2D eigenvalue weighted by Gasteiger charge is 2.12. The van der Waals surface area contributed by atoms with Crippen LogP contribution in [0.3, 0.4) is 0 Å². The van der Waals surface area contributed by atoms with Crippen LogP contribution >= 0.6 is 11.6 Å². The van der Waals surface area contributed by atoms with Gasteiger partial charge < -0.3 is 9.59 Å². The number of quaternary nitrogens is 1. The van der Waals surface area contributed by atoms with Crippen molar-refractivity contribution >= 4 is 17.6 Å². The number of alkyl halides is 1. The fourth-order valence-corrected chi connectivity index (χ4v) is 1.79. The number of aliphatic carboxylic acids is 1. The standard InChI is InChI=1S/C10H20ClNO2/c1-12(2,9-7-11)8-5-3-4-6-10(13)14/h3-9H2,1-2H3/p+1. The Morgan fingerprint density at radius 3 is 2.36 bits per heavy atom. The summed E-state index contributed by atoms with van der Waals surface area (Å²) in [6, 6.07) is 0. The highest BCUT2D eigenvalue weighted by Crippen LogP contribution is 2.05. The van der Waals surface area contributed by atoms with E-state index in [-0.39, 0.29) is 0 Å². The Bertz CT molecular complexity index is 172. The van der Waals surface area contributed by atoms with Gasteiger partial charge in [-0.3, -0.25) is 4.79 Å². The van der Waals surface area contributed by atoms with Crippen LogP contribution in [0.4, 0.5) is 0 Å². The largest absolute Gasteiger partial charge is 0.481 e. The second kappa shape index (κ2) is 7.07. The molecule has 0 bridgehead atoms. The van der Waals surface area contributed by atoms with E-state index in [1.807, 2.05) is 0 Å². The first-order chi connectivity index (χ1) is 6.48. The zero-order chi connectivity index (χ0) is 11.0. The summed E-state index contributed by atoms with van der Waals surface area (Å²) in [6.07, 6.45) is 3.16. The SMILES string of the molecule is C[N+](C)(CCCl)CCCCCC(=O)O. The van der Waals surface area contributed by atoms with Gasteiger partial charge in [-0.25, -0.2) is 0 Å². The van der Waals surface area contributed by atoms with Gasteiger partial charge in [-0.05, 0) is 19.3 Å². The molecule has 0 rings (SSSR count). The van der Waals surface area contributed by atoms with Gasteiger partial charge in [0.05, 0.1) is 33.1 Å². The topological polar surface area (TPSA) is 37.3 Å². The first kappa shape index (κ1) is 13.7. The molecule has 84 valence electrons. The molecule has 0 unspecified atom stereocenters. The minimum absolute atomic E-state index is 0.295. The van der Waals surface area contributed by atoms with E-state index in [1.54, 1.807) is 0 Å². The number of hydrogen-bond donors (Lipinski definition) is 1. The smallest absolute Gasteiger partial charge is 0.303 e. The molecule has 0 saturated heterocycles. The van der Waals surface area contributed by atoms with Crippen molar-refractivity contribution in [1.29, 1.82) is 0 Å². The summed E-state index contributed by atoms with van der Waals surface area (Å²) in [4.78, 5) is 10.2. The van der Waals surface area contributed by atoms with Crippen LogP contribution in [-0.2, 0) is 4.79 Å². The Hall–Kier alpha value is -0.280. The highest BCUT2D eigenvalue weighted by atomic mass is 35.5. The van der Waals surface area contributed by atoms with Crippen molar-refractivity contribution in [3.8, 4) is 0 Å². The fourth-order valence-electron chi connectivity index (χ4n) is 1.33. The van der Waals surface area contributed by atoms with Crippen molar-refractivity contribution in [2.75, 3.05) is 33.1 Å². The van der Waals surface area contributed by atoms with Crippen LogP contribution in [0.1, 0.15) is 25.7 Å². The van der Waals surface area contributed by atoms with Crippen molar-refractivity contribution in [2.45, 2.75) is 25.7 Å². The number of carboxylic acids is 1. The summed E-state index contributed by atoms with van der Waals surface area (Å²) >= 11 is 5.67. The van der Waals surface area contributed by atoms with E-state index in [9.17, 15) is 4.79 Å². The van der Waals surface area contributed by atoms with Crippen molar-refractivity contribution in [1.82, 2.24) is 0 Å². The molecule has 0 aliphatic carbocycles. The number of halogens is 1. The van der Waals surface area contributed by atoms with Crippen molar-refractivity contribution in [3.63, 3.8) is 0 Å². The normalized spacial score (nSPS) is 11.6. The Kier molecular flexibility index (Phi) is 6.93. The average Bonchev–Trinajstić information content (AvgIpc) is 2.02. The average molecular weight is 223 g/mol. The highest BCUT2D eigenvalue weighted by molar-refractivity contribution is 6.17. The summed E-state index contributed by atoms with van der Waals surface area (Å²) in [6.45, 7) is 2.05. The van der Waals surface area contributed by atoms with Crippen LogP contribution in [0.2, 0.25) is 0 Å². The van der Waals surface area contributed by atoms with Gasteiger partial charge in [0.15, 0.2) is 0 Å². The lowest BCUT2D eigenvalue weighted by Gasteiger charge is -2.28. The third-order valence-electron chi connectivity index (χ3n) is 2.34. The molecule has 0 aromatic heterocycles. The maximum Gasteiger partial charge on any atom is 0.303 e. The Morgan fingerprint density at radius 2 is 1.86 bits per heavy atom. The van der Waals surface area contributed by atoms with Crippen LogP contribution in [0.25, 0.3) is 0 Å². The molecule has 14 heavy (non-hydrogen) atoms. The first-order valence-corrected chi connectivity index (χ1v) is 5.61. The number of rotatable bonds is 8. The molecular formula is C10H21ClNO2+. The second-order valence-electron chi connectivity index (χ2n) is 4.28. The molecule has 4 heteroatoms. The van der Waals surface area contributed by atoms with E-state index in [1.165, 1.54) is 0 Å². The predicted molar refractivity (Wildman–Crippen MR) is 58.7 cm³/mol. The third-order valence-corrected chi connectivity index (χ3v) is 2.51. The Labute approximate surface area is 91.3 Å². The van der Waals surface area contributed by atoms with E-state index in [2.05, 4.69) is 14.1 Å². The van der Waals surface area contributed by atoms with Crippen LogP contribution in [0, 0.1) is 0 Å². The minimum Gasteiger partial charge on any atom is -0.481 e. The number of carboxylic acid groups (broad SMARTS) is 1. The molecule has 0 spiro atoms. The molecule has 1 N–H and O–H groups in total. The summed E-state index contributed by atoms with van der Waals surface area (Å²) in [5.41, 5.74) is 0. The zero-order valence-electron chi connectivity index (χ0n) is 9.13. The van der Waals surface area contributed by atoms with Crippen LogP contribution in [-0.4, -0.2) is 48.6 Å². The second-order valence-corrected chi connectivity index (χ2v) is 4.65. The van der Waals surface area contributed by atoms with Gasteiger partial charge in [0.1, 0.15) is 0 Å². The number of carbonyl (C=O) groups is 1. The fraction of sp³-hybridized carbons (Fsp3) is 0.900. The molecule has 0 atom stereocenters. The lowest BCUT2D eigenvalue weighted by atomic mass is 10.2. The van der Waals surface area contributed by atoms with E-state index in [4.69, 9.17) is 16.7 Å². The maximum absolute atomic E-state index is 10.2. The number of unbranched alkanes of at least 4 members (excludes halogenated alkanes) is 2. The van der Waals surface area contributed by atoms with Gasteiger partial charge in [-0.2, -0.15) is 0 Å². The summed E-state index contributed by atoms with van der Waals surface area (Å²) in [7, 11) is 4.30. The molecule has 0 aliphatic rings. The van der Waals surface area contributed by atoms with Crippen LogP contribution < -0.4 is 0 Å². The minimum atomic E-state index is -0.695. The Balaban J connectivity index is 3.39. The summed E-state index contributed by atoms with van der Waals surface area (Å²) in [5.74, 6) is -0.0122. The molecule has 0 fully saturated rings. The Morgan fingerprint density at radius 1 is 1.21 bits per heavy atom. The van der Waals surface area contributed by atoms with Crippen molar-refractivity contribution in [3.05, 3.63) is 0 Å². The molecule has 0 aromatic rings. The van der Waals surface area contributed by atoms with Crippen LogP contribution in [0.5, 0.6) is 0 Å². The molecule has 0 aromatic carbocycles. The number of nitrogens with zero attached hydrogens (tertiary/aromatic N) is 1. The molecule has 0 amide bonds. The molecule has 0 saturated carbocycles. The van der Waals surface area contributed by atoms with Gasteiger partial charge in [-0.1, -0.05) is 0 Å². The number of hydrogen-bond acceptors (Lipinski definition) is 1. The van der Waals surface area contributed by atoms with E-state index < -0.39 is 5.97 Å². The maximum atomic E-state index is 10.2. The van der Waals surface area contributed by atoms with Gasteiger partial charge in [-0.15, -0.1) is 11.6 Å². The van der Waals surface area contributed by atoms with E-state index in [0.29, 0.717) is 12.3 Å². The van der Waals surface area contributed by atoms with Crippen molar-refractivity contribution in [2.24, 2.45) is 0 Å². The lowest BCUT2D eigenvalue weighted by molar-refractivity contribution is -0.888.